The maximum absolute atomic E-state index is 5.57. The molecule has 0 bridgehead atoms. The number of halogens is 1. The fraction of sp³-hybridized carbons (Fsp3) is 0. The van der Waals surface area contributed by atoms with Crippen LogP contribution in [0.1, 0.15) is 0 Å². The number of aromatic nitrogens is 2. The SMILES string of the molecule is NC(N)=Nc1ncnc(Cl)c1N. The number of guanidine groups is 1. The van der Waals surface area contributed by atoms with Crippen LogP contribution in [0.2, 0.25) is 5.15 Å². The topological polar surface area (TPSA) is 116 Å². The quantitative estimate of drug-likeness (QED) is 0.314. The van der Waals surface area contributed by atoms with E-state index in [1.807, 2.05) is 0 Å². The Morgan fingerprint density at radius 2 is 2.08 bits per heavy atom. The monoisotopic (exact) mass is 186 g/mol. The first-order chi connectivity index (χ1) is 5.61. The smallest absolute Gasteiger partial charge is 0.192 e. The second kappa shape index (κ2) is 3.22. The first kappa shape index (κ1) is 8.54. The van der Waals surface area contributed by atoms with Gasteiger partial charge in [-0.3, -0.25) is 0 Å². The fourth-order valence-corrected chi connectivity index (χ4v) is 0.705. The van der Waals surface area contributed by atoms with Crippen molar-refractivity contribution < 1.29 is 0 Å². The van der Waals surface area contributed by atoms with E-state index in [0.29, 0.717) is 0 Å². The van der Waals surface area contributed by atoms with Crippen LogP contribution in [0.3, 0.4) is 0 Å². The molecule has 0 unspecified atom stereocenters. The Morgan fingerprint density at radius 3 is 2.67 bits per heavy atom. The third-order valence-corrected chi connectivity index (χ3v) is 1.35. The second-order valence-electron chi connectivity index (χ2n) is 1.94. The third kappa shape index (κ3) is 1.73. The average molecular weight is 187 g/mol. The van der Waals surface area contributed by atoms with Gasteiger partial charge in [-0.1, -0.05) is 11.6 Å². The van der Waals surface area contributed by atoms with E-state index in [2.05, 4.69) is 15.0 Å². The molecular weight excluding hydrogens is 180 g/mol. The lowest BCUT2D eigenvalue weighted by atomic mass is 10.5. The summed E-state index contributed by atoms with van der Waals surface area (Å²) in [7, 11) is 0. The highest BCUT2D eigenvalue weighted by Gasteiger charge is 2.03. The van der Waals surface area contributed by atoms with Crippen LogP contribution < -0.4 is 17.2 Å². The Bertz CT molecular complexity index is 318. The zero-order valence-electron chi connectivity index (χ0n) is 6.03. The van der Waals surface area contributed by atoms with Gasteiger partial charge in [0.2, 0.25) is 0 Å². The summed E-state index contributed by atoms with van der Waals surface area (Å²) in [6.45, 7) is 0. The molecular formula is C5H7ClN6. The number of hydrogen-bond acceptors (Lipinski definition) is 4. The molecule has 12 heavy (non-hydrogen) atoms. The summed E-state index contributed by atoms with van der Waals surface area (Å²) >= 11 is 5.57. The second-order valence-corrected chi connectivity index (χ2v) is 2.30. The van der Waals surface area contributed by atoms with Crippen molar-refractivity contribution in [2.75, 3.05) is 5.73 Å². The highest BCUT2D eigenvalue weighted by molar-refractivity contribution is 6.32. The molecule has 7 heteroatoms. The van der Waals surface area contributed by atoms with Crippen molar-refractivity contribution in [3.8, 4) is 0 Å². The van der Waals surface area contributed by atoms with Gasteiger partial charge in [0.15, 0.2) is 16.9 Å². The molecule has 0 aliphatic carbocycles. The Labute approximate surface area is 73.5 Å². The van der Waals surface area contributed by atoms with Crippen molar-refractivity contribution in [1.29, 1.82) is 0 Å². The summed E-state index contributed by atoms with van der Waals surface area (Å²) in [5.41, 5.74) is 15.8. The van der Waals surface area contributed by atoms with Crippen LogP contribution >= 0.6 is 11.6 Å². The minimum Gasteiger partial charge on any atom is -0.393 e. The van der Waals surface area contributed by atoms with Crippen molar-refractivity contribution in [3.63, 3.8) is 0 Å². The molecule has 6 N–H and O–H groups in total. The normalized spacial score (nSPS) is 9.42. The molecule has 0 atom stereocenters. The molecule has 0 saturated carbocycles. The number of nitrogen functional groups attached to an aromatic ring is 1. The van der Waals surface area contributed by atoms with Crippen molar-refractivity contribution in [1.82, 2.24) is 9.97 Å². The first-order valence-electron chi connectivity index (χ1n) is 2.97. The molecule has 0 spiro atoms. The van der Waals surface area contributed by atoms with Crippen LogP contribution in [0.15, 0.2) is 11.3 Å². The van der Waals surface area contributed by atoms with E-state index in [4.69, 9.17) is 28.8 Å². The molecule has 0 aromatic carbocycles. The van der Waals surface area contributed by atoms with Crippen molar-refractivity contribution in [2.24, 2.45) is 16.5 Å². The van der Waals surface area contributed by atoms with Crippen molar-refractivity contribution >= 4 is 29.1 Å². The van der Waals surface area contributed by atoms with Gasteiger partial charge in [-0.2, -0.15) is 4.99 Å². The van der Waals surface area contributed by atoms with Gasteiger partial charge >= 0.3 is 0 Å². The summed E-state index contributed by atoms with van der Waals surface area (Å²) in [4.78, 5) is 11.0. The van der Waals surface area contributed by atoms with Crippen LogP contribution in [-0.2, 0) is 0 Å². The van der Waals surface area contributed by atoms with Crippen LogP contribution in [0, 0.1) is 0 Å². The van der Waals surface area contributed by atoms with E-state index in [9.17, 15) is 0 Å². The number of nitrogens with two attached hydrogens (primary N) is 3. The summed E-state index contributed by atoms with van der Waals surface area (Å²) in [6.07, 6.45) is 1.22. The Kier molecular flexibility index (Phi) is 2.29. The Morgan fingerprint density at radius 1 is 1.42 bits per heavy atom. The molecule has 1 aromatic rings. The van der Waals surface area contributed by atoms with E-state index in [0.717, 1.165) is 0 Å². The fourth-order valence-electron chi connectivity index (χ4n) is 0.577. The lowest BCUT2D eigenvalue weighted by Crippen LogP contribution is -2.22. The standard InChI is InChI=1S/C5H7ClN6/c6-3-2(7)4(11-1-10-3)12-5(8)9/h1H,7H2,(H4,8,9,10,11,12). The average Bonchev–Trinajstić information content (AvgIpc) is 1.98. The Hall–Kier alpha value is -1.56. The summed E-state index contributed by atoms with van der Waals surface area (Å²) in [6, 6.07) is 0. The number of nitrogens with zero attached hydrogens (tertiary/aromatic N) is 3. The van der Waals surface area contributed by atoms with E-state index in [1.54, 1.807) is 0 Å². The van der Waals surface area contributed by atoms with Gasteiger partial charge in [0, 0.05) is 0 Å². The maximum atomic E-state index is 5.57. The number of hydrogen-bond donors (Lipinski definition) is 3. The van der Waals surface area contributed by atoms with Gasteiger partial charge in [-0.15, -0.1) is 0 Å². The zero-order valence-corrected chi connectivity index (χ0v) is 6.78. The lowest BCUT2D eigenvalue weighted by molar-refractivity contribution is 1.15. The minimum absolute atomic E-state index is 0.128. The van der Waals surface area contributed by atoms with Gasteiger partial charge in [-0.25, -0.2) is 9.97 Å². The van der Waals surface area contributed by atoms with Crippen LogP contribution in [0.5, 0.6) is 0 Å². The molecule has 0 amide bonds. The minimum atomic E-state index is -0.128. The predicted octanol–water partition coefficient (Wildman–Crippen LogP) is -0.383. The number of rotatable bonds is 1. The van der Waals surface area contributed by atoms with Crippen molar-refractivity contribution in [3.05, 3.63) is 11.5 Å². The molecule has 0 aliphatic heterocycles. The van der Waals surface area contributed by atoms with Gasteiger partial charge in [-0.05, 0) is 0 Å². The van der Waals surface area contributed by atoms with E-state index in [1.165, 1.54) is 6.33 Å². The molecule has 64 valence electrons. The number of aliphatic imine (C=N–C) groups is 1. The lowest BCUT2D eigenvalue weighted by Gasteiger charge is -1.99. The molecule has 0 radical (unpaired) electrons. The van der Waals surface area contributed by atoms with Crippen LogP contribution in [0.25, 0.3) is 0 Å². The van der Waals surface area contributed by atoms with Gasteiger partial charge in [0.1, 0.15) is 12.0 Å². The van der Waals surface area contributed by atoms with Crippen LogP contribution in [0.4, 0.5) is 11.5 Å². The van der Waals surface area contributed by atoms with Crippen LogP contribution in [-0.4, -0.2) is 15.9 Å². The molecule has 0 saturated heterocycles. The van der Waals surface area contributed by atoms with E-state index < -0.39 is 0 Å². The largest absolute Gasteiger partial charge is 0.393 e. The van der Waals surface area contributed by atoms with Gasteiger partial charge in [0.25, 0.3) is 0 Å². The summed E-state index contributed by atoms with van der Waals surface area (Å²) in [5.74, 6) is 0.0477. The molecule has 1 rings (SSSR count). The van der Waals surface area contributed by atoms with E-state index in [-0.39, 0.29) is 22.6 Å². The summed E-state index contributed by atoms with van der Waals surface area (Å²) < 4.78 is 0. The number of anilines is 1. The molecule has 6 nitrogen and oxygen atoms in total. The zero-order chi connectivity index (χ0) is 9.14. The molecule has 0 aliphatic rings. The van der Waals surface area contributed by atoms with Crippen molar-refractivity contribution in [2.45, 2.75) is 0 Å². The van der Waals surface area contributed by atoms with Gasteiger partial charge in [0.05, 0.1) is 0 Å². The van der Waals surface area contributed by atoms with E-state index >= 15 is 0 Å². The molecule has 1 aromatic heterocycles. The first-order valence-corrected chi connectivity index (χ1v) is 3.34. The summed E-state index contributed by atoms with van der Waals surface area (Å²) in [5, 5.41) is 0.130. The van der Waals surface area contributed by atoms with Gasteiger partial charge < -0.3 is 17.2 Å². The predicted molar refractivity (Wildman–Crippen MR) is 46.9 cm³/mol. The third-order valence-electron chi connectivity index (χ3n) is 1.05. The maximum Gasteiger partial charge on any atom is 0.192 e. The molecule has 1 heterocycles. The molecule has 0 fully saturated rings. The Balaban J connectivity index is 3.17. The highest BCUT2D eigenvalue weighted by Crippen LogP contribution is 2.23. The highest BCUT2D eigenvalue weighted by atomic mass is 35.5.